The molecule has 0 radical (unpaired) electrons. The Labute approximate surface area is 171 Å². The van der Waals surface area contributed by atoms with Crippen molar-refractivity contribution in [3.05, 3.63) is 24.3 Å². The van der Waals surface area contributed by atoms with E-state index in [0.29, 0.717) is 18.7 Å². The van der Waals surface area contributed by atoms with Crippen molar-refractivity contribution < 1.29 is 22.7 Å². The Bertz CT molecular complexity index is 779. The van der Waals surface area contributed by atoms with E-state index in [1.807, 2.05) is 13.8 Å². The van der Waals surface area contributed by atoms with Crippen molar-refractivity contribution in [2.45, 2.75) is 57.4 Å². The minimum absolute atomic E-state index is 0.0236. The molecule has 1 aromatic carbocycles. The van der Waals surface area contributed by atoms with Gasteiger partial charge in [0.25, 0.3) is 0 Å². The summed E-state index contributed by atoms with van der Waals surface area (Å²) < 4.78 is 31.9. The van der Waals surface area contributed by atoms with Gasteiger partial charge in [0.15, 0.2) is 5.11 Å². The molecule has 1 amide bonds. The number of rotatable bonds is 10. The van der Waals surface area contributed by atoms with Crippen LogP contribution in [0, 0.1) is 0 Å². The van der Waals surface area contributed by atoms with Crippen LogP contribution < -0.4 is 15.4 Å². The predicted molar refractivity (Wildman–Crippen MR) is 111 cm³/mol. The molecule has 0 aromatic heterocycles. The van der Waals surface area contributed by atoms with Crippen molar-refractivity contribution in [3.8, 4) is 0 Å². The Morgan fingerprint density at radius 3 is 2.36 bits per heavy atom. The molecule has 1 atom stereocenters. The van der Waals surface area contributed by atoms with Crippen molar-refractivity contribution in [1.29, 1.82) is 0 Å². The first-order chi connectivity index (χ1) is 13.2. The fraction of sp³-hybridized carbons (Fsp3) is 0.500. The second-order valence-electron chi connectivity index (χ2n) is 6.18. The summed E-state index contributed by atoms with van der Waals surface area (Å²) in [6.07, 6.45) is 1.34. The lowest BCUT2D eigenvalue weighted by molar-refractivity contribution is -0.144. The fourth-order valence-corrected chi connectivity index (χ4v) is 3.55. The Morgan fingerprint density at radius 2 is 1.79 bits per heavy atom. The van der Waals surface area contributed by atoms with E-state index >= 15 is 0 Å². The van der Waals surface area contributed by atoms with E-state index in [1.165, 1.54) is 12.1 Å². The number of carbonyl (C=O) groups is 2. The zero-order valence-corrected chi connectivity index (χ0v) is 17.9. The van der Waals surface area contributed by atoms with E-state index in [1.54, 1.807) is 19.1 Å². The van der Waals surface area contributed by atoms with Gasteiger partial charge in [0, 0.05) is 18.2 Å². The zero-order chi connectivity index (χ0) is 21.2. The van der Waals surface area contributed by atoms with Gasteiger partial charge in [-0.15, -0.1) is 0 Å². The Kier molecular flexibility index (Phi) is 10.0. The average molecular weight is 430 g/mol. The molecular formula is C18H27N3O5S2. The summed E-state index contributed by atoms with van der Waals surface area (Å²) in [7, 11) is -3.58. The van der Waals surface area contributed by atoms with E-state index < -0.39 is 21.9 Å². The highest BCUT2D eigenvalue weighted by atomic mass is 32.2. The van der Waals surface area contributed by atoms with Gasteiger partial charge in [0.05, 0.1) is 17.9 Å². The second kappa shape index (κ2) is 11.7. The van der Waals surface area contributed by atoms with Crippen molar-refractivity contribution in [2.75, 3.05) is 11.9 Å². The number of esters is 1. The van der Waals surface area contributed by atoms with Gasteiger partial charge in [-0.05, 0) is 56.2 Å². The second-order valence-corrected chi connectivity index (χ2v) is 8.30. The number of ether oxygens (including phenoxy) is 1. The number of benzene rings is 1. The molecular weight excluding hydrogens is 402 g/mol. The lowest BCUT2D eigenvalue weighted by atomic mass is 10.3. The third-order valence-electron chi connectivity index (χ3n) is 3.67. The number of amides is 1. The number of sulfonamides is 1. The summed E-state index contributed by atoms with van der Waals surface area (Å²) in [5, 5.41) is 5.31. The van der Waals surface area contributed by atoms with Crippen LogP contribution in [0.15, 0.2) is 29.2 Å². The van der Waals surface area contributed by atoms with Gasteiger partial charge >= 0.3 is 5.97 Å². The highest BCUT2D eigenvalue weighted by Gasteiger charge is 2.16. The SMILES string of the molecule is CCCOC(=O)CCC(=O)NC(=S)Nc1ccc(S(=O)(=O)NC(C)CC)cc1. The number of hydrogen-bond donors (Lipinski definition) is 3. The summed E-state index contributed by atoms with van der Waals surface area (Å²) in [6, 6.07) is 5.82. The van der Waals surface area contributed by atoms with Crippen LogP contribution in [-0.2, 0) is 24.3 Å². The average Bonchev–Trinajstić information content (AvgIpc) is 2.64. The smallest absolute Gasteiger partial charge is 0.306 e. The van der Waals surface area contributed by atoms with E-state index in [0.717, 1.165) is 6.42 Å². The normalized spacial score (nSPS) is 12.1. The number of nitrogens with one attached hydrogen (secondary N) is 3. The van der Waals surface area contributed by atoms with Gasteiger partial charge in [-0.1, -0.05) is 13.8 Å². The molecule has 0 saturated carbocycles. The molecule has 3 N–H and O–H groups in total. The molecule has 0 aliphatic heterocycles. The maximum Gasteiger partial charge on any atom is 0.306 e. The van der Waals surface area contributed by atoms with Gasteiger partial charge in [-0.25, -0.2) is 13.1 Å². The van der Waals surface area contributed by atoms with Crippen LogP contribution in [0.4, 0.5) is 5.69 Å². The molecule has 156 valence electrons. The van der Waals surface area contributed by atoms with Crippen LogP contribution in [-0.4, -0.2) is 38.1 Å². The van der Waals surface area contributed by atoms with Crippen molar-refractivity contribution in [1.82, 2.24) is 10.0 Å². The Balaban J connectivity index is 2.52. The van der Waals surface area contributed by atoms with Crippen LogP contribution in [0.2, 0.25) is 0 Å². The largest absolute Gasteiger partial charge is 0.466 e. The molecule has 1 rings (SSSR count). The quantitative estimate of drug-likeness (QED) is 0.386. The lowest BCUT2D eigenvalue weighted by Gasteiger charge is -2.13. The number of anilines is 1. The van der Waals surface area contributed by atoms with Crippen molar-refractivity contribution in [2.24, 2.45) is 0 Å². The topological polar surface area (TPSA) is 114 Å². The van der Waals surface area contributed by atoms with Gasteiger partial charge in [-0.2, -0.15) is 0 Å². The van der Waals surface area contributed by atoms with Gasteiger partial charge in [-0.3, -0.25) is 9.59 Å². The number of carbonyl (C=O) groups excluding carboxylic acids is 2. The van der Waals surface area contributed by atoms with E-state index in [9.17, 15) is 18.0 Å². The zero-order valence-electron chi connectivity index (χ0n) is 16.3. The van der Waals surface area contributed by atoms with E-state index in [-0.39, 0.29) is 28.9 Å². The molecule has 0 fully saturated rings. The monoisotopic (exact) mass is 429 g/mol. The fourth-order valence-electron chi connectivity index (χ4n) is 1.99. The van der Waals surface area contributed by atoms with Crippen molar-refractivity contribution >= 4 is 44.9 Å². The van der Waals surface area contributed by atoms with Gasteiger partial charge in [0.1, 0.15) is 0 Å². The molecule has 10 heteroatoms. The molecule has 0 saturated heterocycles. The third kappa shape index (κ3) is 8.77. The summed E-state index contributed by atoms with van der Waals surface area (Å²) in [4.78, 5) is 23.3. The molecule has 8 nitrogen and oxygen atoms in total. The van der Waals surface area contributed by atoms with E-state index in [4.69, 9.17) is 17.0 Å². The standard InChI is InChI=1S/C18H27N3O5S2/c1-4-12-26-17(23)11-10-16(22)20-18(27)19-14-6-8-15(9-7-14)28(24,25)21-13(3)5-2/h6-9,13,21H,4-5,10-12H2,1-3H3,(H2,19,20,22,27). The Hall–Kier alpha value is -2.04. The molecule has 0 spiro atoms. The number of hydrogen-bond acceptors (Lipinski definition) is 6. The summed E-state index contributed by atoms with van der Waals surface area (Å²) >= 11 is 5.05. The first kappa shape index (κ1) is 24.0. The van der Waals surface area contributed by atoms with Gasteiger partial charge in [0.2, 0.25) is 15.9 Å². The van der Waals surface area contributed by atoms with Crippen LogP contribution in [0.3, 0.4) is 0 Å². The molecule has 1 aromatic rings. The molecule has 0 aliphatic carbocycles. The minimum Gasteiger partial charge on any atom is -0.466 e. The van der Waals surface area contributed by atoms with Crippen LogP contribution in [0.25, 0.3) is 0 Å². The minimum atomic E-state index is -3.58. The van der Waals surface area contributed by atoms with E-state index in [2.05, 4.69) is 15.4 Å². The molecule has 1 unspecified atom stereocenters. The first-order valence-electron chi connectivity index (χ1n) is 9.06. The van der Waals surface area contributed by atoms with Crippen LogP contribution in [0.5, 0.6) is 0 Å². The summed E-state index contributed by atoms with van der Waals surface area (Å²) in [6.45, 7) is 5.90. The summed E-state index contributed by atoms with van der Waals surface area (Å²) in [5.41, 5.74) is 0.523. The maximum absolute atomic E-state index is 12.2. The molecule has 0 heterocycles. The lowest BCUT2D eigenvalue weighted by Crippen LogP contribution is -2.34. The van der Waals surface area contributed by atoms with Crippen molar-refractivity contribution in [3.63, 3.8) is 0 Å². The van der Waals surface area contributed by atoms with Crippen LogP contribution >= 0.6 is 12.2 Å². The van der Waals surface area contributed by atoms with Gasteiger partial charge < -0.3 is 15.4 Å². The summed E-state index contributed by atoms with van der Waals surface area (Å²) in [5.74, 6) is -0.846. The Morgan fingerprint density at radius 1 is 1.14 bits per heavy atom. The maximum atomic E-state index is 12.2. The molecule has 0 aliphatic rings. The molecule has 0 bridgehead atoms. The van der Waals surface area contributed by atoms with Crippen LogP contribution in [0.1, 0.15) is 46.5 Å². The predicted octanol–water partition coefficient (Wildman–Crippen LogP) is 2.31. The first-order valence-corrected chi connectivity index (χ1v) is 11.0. The highest BCUT2D eigenvalue weighted by molar-refractivity contribution is 7.89. The third-order valence-corrected chi connectivity index (χ3v) is 5.48. The molecule has 28 heavy (non-hydrogen) atoms. The number of thiocarbonyl (C=S) groups is 1. The highest BCUT2D eigenvalue weighted by Crippen LogP contribution is 2.14.